The Balaban J connectivity index is 2.31. The number of hydrogen-bond acceptors (Lipinski definition) is 5. The van der Waals surface area contributed by atoms with E-state index in [1.807, 2.05) is 0 Å². The number of nitrogens with zero attached hydrogens (tertiary/aromatic N) is 1. The Morgan fingerprint density at radius 3 is 2.61 bits per heavy atom. The van der Waals surface area contributed by atoms with E-state index in [9.17, 15) is 9.59 Å². The number of amides is 2. The van der Waals surface area contributed by atoms with E-state index in [2.05, 4.69) is 20.5 Å². The summed E-state index contributed by atoms with van der Waals surface area (Å²) >= 11 is 0. The minimum Gasteiger partial charge on any atom is -0.465 e. The summed E-state index contributed by atoms with van der Waals surface area (Å²) in [5, 5.41) is 8.77. The smallest absolute Gasteiger partial charge is 0.325 e. The van der Waals surface area contributed by atoms with Crippen LogP contribution < -0.4 is 10.6 Å². The summed E-state index contributed by atoms with van der Waals surface area (Å²) in [5.41, 5.74) is 1.57. The molecule has 0 aliphatic heterocycles. The summed E-state index contributed by atoms with van der Waals surface area (Å²) in [7, 11) is 0. The van der Waals surface area contributed by atoms with Crippen LogP contribution in [0.2, 0.25) is 0 Å². The van der Waals surface area contributed by atoms with Crippen molar-refractivity contribution < 1.29 is 18.8 Å². The summed E-state index contributed by atoms with van der Waals surface area (Å²) in [6.45, 7) is 5.71. The molecule has 0 bridgehead atoms. The maximum Gasteiger partial charge on any atom is 0.325 e. The van der Waals surface area contributed by atoms with Crippen LogP contribution in [0.1, 0.15) is 23.9 Å². The van der Waals surface area contributed by atoms with E-state index in [4.69, 9.17) is 4.52 Å². The number of carbonyl (C=O) groups is 2. The van der Waals surface area contributed by atoms with Gasteiger partial charge < -0.3 is 19.9 Å². The van der Waals surface area contributed by atoms with E-state index in [-0.39, 0.29) is 6.54 Å². The predicted octanol–water partition coefficient (Wildman–Crippen LogP) is 0.654. The van der Waals surface area contributed by atoms with Crippen LogP contribution in [-0.2, 0) is 16.1 Å². The van der Waals surface area contributed by atoms with Crippen molar-refractivity contribution in [3.63, 3.8) is 0 Å². The maximum absolute atomic E-state index is 11.4. The second-order valence-corrected chi connectivity index (χ2v) is 3.64. The number of carbonyl (C=O) groups excluding carboxylic acids is 2. The molecule has 0 aliphatic rings. The first-order chi connectivity index (χ1) is 8.54. The van der Waals surface area contributed by atoms with E-state index < -0.39 is 12.0 Å². The van der Waals surface area contributed by atoms with Gasteiger partial charge in [-0.25, -0.2) is 4.79 Å². The van der Waals surface area contributed by atoms with E-state index in [1.54, 1.807) is 20.8 Å². The van der Waals surface area contributed by atoms with Crippen LogP contribution in [0, 0.1) is 13.8 Å². The van der Waals surface area contributed by atoms with Gasteiger partial charge in [0.2, 0.25) is 0 Å². The van der Waals surface area contributed by atoms with E-state index >= 15 is 0 Å². The fraction of sp³-hybridized carbons (Fsp3) is 0.545. The lowest BCUT2D eigenvalue weighted by molar-refractivity contribution is -0.141. The Labute approximate surface area is 105 Å². The third kappa shape index (κ3) is 4.08. The molecule has 0 atom stereocenters. The van der Waals surface area contributed by atoms with Gasteiger partial charge in [-0.2, -0.15) is 0 Å². The number of rotatable bonds is 5. The third-order valence-corrected chi connectivity index (χ3v) is 2.31. The first-order valence-corrected chi connectivity index (χ1v) is 5.63. The highest BCUT2D eigenvalue weighted by atomic mass is 16.5. The minimum absolute atomic E-state index is 0.152. The maximum atomic E-state index is 11.4. The Morgan fingerprint density at radius 2 is 2.06 bits per heavy atom. The van der Waals surface area contributed by atoms with Crippen LogP contribution in [0.5, 0.6) is 0 Å². The fourth-order valence-electron chi connectivity index (χ4n) is 1.35. The van der Waals surface area contributed by atoms with E-state index in [1.165, 1.54) is 0 Å². The van der Waals surface area contributed by atoms with Gasteiger partial charge in [0.05, 0.1) is 12.3 Å². The predicted molar refractivity (Wildman–Crippen MR) is 62.8 cm³/mol. The van der Waals surface area contributed by atoms with Crippen molar-refractivity contribution in [2.45, 2.75) is 27.3 Å². The van der Waals surface area contributed by atoms with Gasteiger partial charge in [0.15, 0.2) is 0 Å². The quantitative estimate of drug-likeness (QED) is 0.753. The summed E-state index contributed by atoms with van der Waals surface area (Å²) in [6.07, 6.45) is 0. The average molecular weight is 255 g/mol. The van der Waals surface area contributed by atoms with E-state index in [0.717, 1.165) is 11.3 Å². The molecule has 18 heavy (non-hydrogen) atoms. The first kappa shape index (κ1) is 14.0. The monoisotopic (exact) mass is 255 g/mol. The van der Waals surface area contributed by atoms with Crippen LogP contribution in [0.3, 0.4) is 0 Å². The van der Waals surface area contributed by atoms with Crippen molar-refractivity contribution in [1.82, 2.24) is 15.8 Å². The molecular formula is C11H17N3O4. The summed E-state index contributed by atoms with van der Waals surface area (Å²) in [6, 6.07) is -0.442. The fourth-order valence-corrected chi connectivity index (χ4v) is 1.35. The number of aryl methyl sites for hydroxylation is 2. The number of esters is 1. The van der Waals surface area contributed by atoms with Gasteiger partial charge in [0.25, 0.3) is 0 Å². The number of aromatic nitrogens is 1. The molecule has 1 aromatic rings. The Morgan fingerprint density at radius 1 is 1.33 bits per heavy atom. The Hall–Kier alpha value is -2.05. The third-order valence-electron chi connectivity index (χ3n) is 2.31. The molecule has 0 fully saturated rings. The molecule has 0 saturated carbocycles. The molecule has 1 aromatic heterocycles. The van der Waals surface area contributed by atoms with Gasteiger partial charge in [-0.1, -0.05) is 5.16 Å². The number of urea groups is 1. The molecule has 0 aliphatic carbocycles. The van der Waals surface area contributed by atoms with Crippen molar-refractivity contribution >= 4 is 12.0 Å². The highest BCUT2D eigenvalue weighted by Crippen LogP contribution is 2.11. The van der Waals surface area contributed by atoms with E-state index in [0.29, 0.717) is 18.9 Å². The summed E-state index contributed by atoms with van der Waals surface area (Å²) in [5.74, 6) is 0.197. The minimum atomic E-state index is -0.468. The molecule has 0 saturated heterocycles. The van der Waals surface area contributed by atoms with Crippen molar-refractivity contribution in [2.24, 2.45) is 0 Å². The highest BCUT2D eigenvalue weighted by molar-refractivity contribution is 5.80. The second kappa shape index (κ2) is 6.63. The second-order valence-electron chi connectivity index (χ2n) is 3.64. The summed E-state index contributed by atoms with van der Waals surface area (Å²) < 4.78 is 9.64. The number of ether oxygens (including phenoxy) is 1. The molecule has 2 N–H and O–H groups in total. The van der Waals surface area contributed by atoms with Gasteiger partial charge in [0, 0.05) is 12.1 Å². The van der Waals surface area contributed by atoms with Crippen molar-refractivity contribution in [1.29, 1.82) is 0 Å². The average Bonchev–Trinajstić information content (AvgIpc) is 2.64. The van der Waals surface area contributed by atoms with Crippen LogP contribution in [0.25, 0.3) is 0 Å². The molecule has 1 rings (SSSR count). The van der Waals surface area contributed by atoms with Crippen LogP contribution in [0.4, 0.5) is 4.79 Å². The SMILES string of the molecule is CCOC(=O)CNC(=O)NCc1c(C)noc1C. The zero-order chi connectivity index (χ0) is 13.5. The molecule has 0 unspecified atom stereocenters. The molecule has 7 nitrogen and oxygen atoms in total. The molecule has 7 heteroatoms. The van der Waals surface area contributed by atoms with Crippen molar-refractivity contribution in [3.8, 4) is 0 Å². The van der Waals surface area contributed by atoms with Gasteiger partial charge in [-0.05, 0) is 20.8 Å². The highest BCUT2D eigenvalue weighted by Gasteiger charge is 2.10. The van der Waals surface area contributed by atoms with Gasteiger partial charge in [-0.15, -0.1) is 0 Å². The molecule has 100 valence electrons. The molecule has 0 aromatic carbocycles. The lowest BCUT2D eigenvalue weighted by Gasteiger charge is -2.06. The van der Waals surface area contributed by atoms with Crippen molar-refractivity contribution in [2.75, 3.05) is 13.2 Å². The van der Waals surface area contributed by atoms with Crippen LogP contribution in [-0.4, -0.2) is 30.3 Å². The zero-order valence-electron chi connectivity index (χ0n) is 10.7. The standard InChI is InChI=1S/C11H17N3O4/c1-4-17-10(15)6-13-11(16)12-5-9-7(2)14-18-8(9)3/h4-6H2,1-3H3,(H2,12,13,16). The number of nitrogens with one attached hydrogen (secondary N) is 2. The molecule has 0 radical (unpaired) electrons. The Bertz CT molecular complexity index is 408. The molecule has 0 spiro atoms. The Kier molecular flexibility index (Phi) is 5.16. The molecular weight excluding hydrogens is 238 g/mol. The van der Waals surface area contributed by atoms with Gasteiger partial charge >= 0.3 is 12.0 Å². The lowest BCUT2D eigenvalue weighted by Crippen LogP contribution is -2.38. The molecule has 2 amide bonds. The van der Waals surface area contributed by atoms with Crippen LogP contribution >= 0.6 is 0 Å². The number of hydrogen-bond donors (Lipinski definition) is 2. The van der Waals surface area contributed by atoms with Gasteiger partial charge in [0.1, 0.15) is 12.3 Å². The van der Waals surface area contributed by atoms with Crippen LogP contribution in [0.15, 0.2) is 4.52 Å². The largest absolute Gasteiger partial charge is 0.465 e. The summed E-state index contributed by atoms with van der Waals surface area (Å²) in [4.78, 5) is 22.4. The topological polar surface area (TPSA) is 93.5 Å². The molecule has 1 heterocycles. The van der Waals surface area contributed by atoms with Gasteiger partial charge in [-0.3, -0.25) is 4.79 Å². The lowest BCUT2D eigenvalue weighted by atomic mass is 10.2. The van der Waals surface area contributed by atoms with Crippen molar-refractivity contribution in [3.05, 3.63) is 17.0 Å². The first-order valence-electron chi connectivity index (χ1n) is 5.63. The zero-order valence-corrected chi connectivity index (χ0v) is 10.7. The normalized spacial score (nSPS) is 9.94.